The van der Waals surface area contributed by atoms with Gasteiger partial charge in [0, 0.05) is 11.9 Å². The minimum atomic E-state index is -0.0331. The summed E-state index contributed by atoms with van der Waals surface area (Å²) in [6.07, 6.45) is 1.88. The van der Waals surface area contributed by atoms with Crippen molar-refractivity contribution >= 4 is 0 Å². The Morgan fingerprint density at radius 1 is 1.05 bits per heavy atom. The molecule has 0 radical (unpaired) electrons. The lowest BCUT2D eigenvalue weighted by molar-refractivity contribution is 0.378. The Labute approximate surface area is 119 Å². The molecule has 2 aromatic rings. The Kier molecular flexibility index (Phi) is 4.58. The zero-order chi connectivity index (χ0) is 14.5. The summed E-state index contributed by atoms with van der Waals surface area (Å²) in [6, 6.07) is 9.82. The van der Waals surface area contributed by atoms with Crippen LogP contribution in [0.25, 0.3) is 0 Å². The van der Waals surface area contributed by atoms with Crippen molar-refractivity contribution in [1.29, 1.82) is 0 Å². The Morgan fingerprint density at radius 3 is 2.15 bits per heavy atom. The van der Waals surface area contributed by atoms with E-state index < -0.39 is 0 Å². The molecule has 1 aromatic heterocycles. The number of ether oxygens (including phenoxy) is 2. The van der Waals surface area contributed by atoms with Crippen LogP contribution in [0.3, 0.4) is 0 Å². The number of aryl methyl sites for hydroxylation is 1. The Hall–Kier alpha value is -2.07. The summed E-state index contributed by atoms with van der Waals surface area (Å²) < 4.78 is 11.0. The second kappa shape index (κ2) is 6.39. The van der Waals surface area contributed by atoms with E-state index in [1.54, 1.807) is 14.2 Å². The van der Waals surface area contributed by atoms with E-state index in [1.165, 1.54) is 0 Å². The number of nitrogens with one attached hydrogen (secondary N) is 1. The first-order chi connectivity index (χ1) is 9.71. The predicted molar refractivity (Wildman–Crippen MR) is 79.4 cm³/mol. The van der Waals surface area contributed by atoms with Crippen LogP contribution < -0.4 is 14.8 Å². The molecule has 1 N–H and O–H groups in total. The average Bonchev–Trinajstić information content (AvgIpc) is 2.49. The van der Waals surface area contributed by atoms with Crippen molar-refractivity contribution in [2.45, 2.75) is 13.0 Å². The van der Waals surface area contributed by atoms with Crippen LogP contribution in [-0.4, -0.2) is 26.3 Å². The standard InChI is InChI=1S/C16H20N2O2/c1-11-8-9-12(10-18-11)16(17-2)15-13(19-3)6-5-7-14(15)20-4/h5-10,16-17H,1-4H3. The van der Waals surface area contributed by atoms with Crippen LogP contribution in [0.2, 0.25) is 0 Å². The molecule has 0 spiro atoms. The fraction of sp³-hybridized carbons (Fsp3) is 0.312. The molecule has 1 atom stereocenters. The molecule has 0 bridgehead atoms. The fourth-order valence-electron chi connectivity index (χ4n) is 2.29. The molecule has 20 heavy (non-hydrogen) atoms. The predicted octanol–water partition coefficient (Wildman–Crippen LogP) is 2.72. The van der Waals surface area contributed by atoms with Crippen molar-refractivity contribution in [3.05, 3.63) is 53.3 Å². The highest BCUT2D eigenvalue weighted by Crippen LogP contribution is 2.36. The van der Waals surface area contributed by atoms with Gasteiger partial charge in [-0.1, -0.05) is 12.1 Å². The van der Waals surface area contributed by atoms with Crippen LogP contribution >= 0.6 is 0 Å². The van der Waals surface area contributed by atoms with E-state index in [0.717, 1.165) is 28.3 Å². The molecule has 0 saturated heterocycles. The van der Waals surface area contributed by atoms with Crippen LogP contribution in [0.15, 0.2) is 36.5 Å². The summed E-state index contributed by atoms with van der Waals surface area (Å²) in [4.78, 5) is 4.36. The van der Waals surface area contributed by atoms with Crippen molar-refractivity contribution in [1.82, 2.24) is 10.3 Å². The molecular weight excluding hydrogens is 252 g/mol. The van der Waals surface area contributed by atoms with Crippen LogP contribution in [0.1, 0.15) is 22.9 Å². The molecule has 106 valence electrons. The van der Waals surface area contributed by atoms with E-state index in [-0.39, 0.29) is 6.04 Å². The number of nitrogens with zero attached hydrogens (tertiary/aromatic N) is 1. The van der Waals surface area contributed by atoms with Gasteiger partial charge in [0.25, 0.3) is 0 Å². The molecule has 0 fully saturated rings. The lowest BCUT2D eigenvalue weighted by Crippen LogP contribution is -2.19. The SMILES string of the molecule is CNC(c1ccc(C)nc1)c1c(OC)cccc1OC. The third-order valence-electron chi connectivity index (χ3n) is 3.31. The van der Waals surface area contributed by atoms with Gasteiger partial charge in [0.15, 0.2) is 0 Å². The lowest BCUT2D eigenvalue weighted by Gasteiger charge is -2.22. The summed E-state index contributed by atoms with van der Waals surface area (Å²) in [5.41, 5.74) is 3.04. The van der Waals surface area contributed by atoms with E-state index in [4.69, 9.17) is 9.47 Å². The second-order valence-electron chi connectivity index (χ2n) is 4.53. The molecule has 1 heterocycles. The maximum atomic E-state index is 5.48. The number of pyridine rings is 1. The largest absolute Gasteiger partial charge is 0.496 e. The zero-order valence-corrected chi connectivity index (χ0v) is 12.3. The second-order valence-corrected chi connectivity index (χ2v) is 4.53. The smallest absolute Gasteiger partial charge is 0.127 e. The maximum Gasteiger partial charge on any atom is 0.127 e. The Morgan fingerprint density at radius 2 is 1.70 bits per heavy atom. The van der Waals surface area contributed by atoms with Crippen LogP contribution in [0, 0.1) is 6.92 Å². The van der Waals surface area contributed by atoms with Gasteiger partial charge in [0.1, 0.15) is 11.5 Å². The number of methoxy groups -OCH3 is 2. The van der Waals surface area contributed by atoms with Gasteiger partial charge in [-0.2, -0.15) is 0 Å². The van der Waals surface area contributed by atoms with Crippen LogP contribution in [-0.2, 0) is 0 Å². The quantitative estimate of drug-likeness (QED) is 0.909. The Bertz CT molecular complexity index is 545. The van der Waals surface area contributed by atoms with Gasteiger partial charge in [-0.05, 0) is 37.7 Å². The third-order valence-corrected chi connectivity index (χ3v) is 3.31. The molecule has 0 aliphatic rings. The van der Waals surface area contributed by atoms with E-state index in [9.17, 15) is 0 Å². The number of benzene rings is 1. The van der Waals surface area contributed by atoms with Crippen molar-refractivity contribution in [2.75, 3.05) is 21.3 Å². The summed E-state index contributed by atoms with van der Waals surface area (Å²) >= 11 is 0. The van der Waals surface area contributed by atoms with Crippen LogP contribution in [0.4, 0.5) is 0 Å². The number of aromatic nitrogens is 1. The van der Waals surface area contributed by atoms with Crippen molar-refractivity contribution in [3.8, 4) is 11.5 Å². The van der Waals surface area contributed by atoms with Gasteiger partial charge < -0.3 is 14.8 Å². The maximum absolute atomic E-state index is 5.48. The first-order valence-corrected chi connectivity index (χ1v) is 6.52. The van der Waals surface area contributed by atoms with Crippen molar-refractivity contribution in [2.24, 2.45) is 0 Å². The summed E-state index contributed by atoms with van der Waals surface area (Å²) in [5.74, 6) is 1.59. The monoisotopic (exact) mass is 272 g/mol. The number of rotatable bonds is 5. The fourth-order valence-corrected chi connectivity index (χ4v) is 2.29. The summed E-state index contributed by atoms with van der Waals surface area (Å²) in [5, 5.41) is 3.30. The summed E-state index contributed by atoms with van der Waals surface area (Å²) in [6.45, 7) is 1.97. The van der Waals surface area contributed by atoms with Gasteiger partial charge in [-0.25, -0.2) is 0 Å². The third kappa shape index (κ3) is 2.75. The minimum Gasteiger partial charge on any atom is -0.496 e. The van der Waals surface area contributed by atoms with Crippen LogP contribution in [0.5, 0.6) is 11.5 Å². The number of hydrogen-bond acceptors (Lipinski definition) is 4. The molecular formula is C16H20N2O2. The van der Waals surface area contributed by atoms with Gasteiger partial charge in [-0.3, -0.25) is 4.98 Å². The van der Waals surface area contributed by atoms with E-state index in [2.05, 4.69) is 16.4 Å². The first kappa shape index (κ1) is 14.3. The molecule has 0 aliphatic heterocycles. The molecule has 4 nitrogen and oxygen atoms in total. The van der Waals surface area contributed by atoms with Gasteiger partial charge in [-0.15, -0.1) is 0 Å². The highest BCUT2D eigenvalue weighted by Gasteiger charge is 2.21. The van der Waals surface area contributed by atoms with E-state index in [0.29, 0.717) is 0 Å². The molecule has 4 heteroatoms. The normalized spacial score (nSPS) is 12.0. The van der Waals surface area contributed by atoms with Crippen molar-refractivity contribution in [3.63, 3.8) is 0 Å². The minimum absolute atomic E-state index is 0.0331. The van der Waals surface area contributed by atoms with Gasteiger partial charge >= 0.3 is 0 Å². The van der Waals surface area contributed by atoms with Crippen molar-refractivity contribution < 1.29 is 9.47 Å². The van der Waals surface area contributed by atoms with Gasteiger partial charge in [0.2, 0.25) is 0 Å². The molecule has 0 saturated carbocycles. The summed E-state index contributed by atoms with van der Waals surface area (Å²) in [7, 11) is 5.24. The van der Waals surface area contributed by atoms with E-state index >= 15 is 0 Å². The molecule has 0 aliphatic carbocycles. The zero-order valence-electron chi connectivity index (χ0n) is 12.3. The molecule has 0 amide bonds. The molecule has 1 aromatic carbocycles. The molecule has 1 unspecified atom stereocenters. The topological polar surface area (TPSA) is 43.4 Å². The lowest BCUT2D eigenvalue weighted by atomic mass is 9.98. The Balaban J connectivity index is 2.53. The van der Waals surface area contributed by atoms with E-state index in [1.807, 2.05) is 44.4 Å². The first-order valence-electron chi connectivity index (χ1n) is 6.52. The highest BCUT2D eigenvalue weighted by molar-refractivity contribution is 5.50. The number of hydrogen-bond donors (Lipinski definition) is 1. The van der Waals surface area contributed by atoms with Gasteiger partial charge in [0.05, 0.1) is 25.8 Å². The average molecular weight is 272 g/mol. The highest BCUT2D eigenvalue weighted by atomic mass is 16.5. The molecule has 2 rings (SSSR count).